The number of alkyl halides is 4. The summed E-state index contributed by atoms with van der Waals surface area (Å²) in [4.78, 5) is 7.81. The predicted molar refractivity (Wildman–Crippen MR) is 32.2 cm³/mol. The van der Waals surface area contributed by atoms with E-state index in [1.165, 1.54) is 0 Å². The molecule has 0 aromatic rings. The van der Waals surface area contributed by atoms with Crippen LogP contribution in [0.5, 0.6) is 0 Å². The van der Waals surface area contributed by atoms with Crippen molar-refractivity contribution in [2.45, 2.75) is 25.4 Å². The highest BCUT2D eigenvalue weighted by Gasteiger charge is 2.44. The van der Waals surface area contributed by atoms with Crippen molar-refractivity contribution in [3.8, 4) is 0 Å². The van der Waals surface area contributed by atoms with Crippen molar-refractivity contribution in [2.24, 2.45) is 0 Å². The molecule has 2 atom stereocenters. The van der Waals surface area contributed by atoms with Crippen LogP contribution >= 0.6 is 7.91 Å². The summed E-state index contributed by atoms with van der Waals surface area (Å²) >= 11 is 0. The number of hydrogen-bond acceptors (Lipinski definition) is 2. The first-order valence-electron chi connectivity index (χ1n) is 2.90. The van der Waals surface area contributed by atoms with E-state index >= 15 is 0 Å². The molecule has 2 unspecified atom stereocenters. The monoisotopic (exact) mass is 228 g/mol. The van der Waals surface area contributed by atoms with E-state index in [1.807, 2.05) is 0 Å². The Balaban J connectivity index is 4.34. The second-order valence-corrected chi connectivity index (χ2v) is 3.52. The minimum atomic E-state index is -5.75. The largest absolute Gasteiger partial charge is 0.513 e. The van der Waals surface area contributed by atoms with E-state index in [-0.39, 0.29) is 6.92 Å². The molecule has 0 aromatic carbocycles. The molecule has 1 N–H and O–H groups in total. The summed E-state index contributed by atoms with van der Waals surface area (Å²) in [6.07, 6.45) is -7.10. The van der Waals surface area contributed by atoms with Crippen molar-refractivity contribution < 1.29 is 35.7 Å². The molecular formula is C4H6F5O3P. The van der Waals surface area contributed by atoms with Gasteiger partial charge in [0.1, 0.15) is 6.42 Å². The zero-order chi connectivity index (χ0) is 10.9. The fourth-order valence-corrected chi connectivity index (χ4v) is 1.16. The van der Waals surface area contributed by atoms with Gasteiger partial charge in [-0.3, -0.25) is 4.89 Å². The maximum atomic E-state index is 12.6. The molecule has 0 saturated carbocycles. The average molecular weight is 228 g/mol. The van der Waals surface area contributed by atoms with Crippen LogP contribution in [0, 0.1) is 0 Å². The van der Waals surface area contributed by atoms with Crippen LogP contribution in [0.3, 0.4) is 0 Å². The zero-order valence-electron chi connectivity index (χ0n) is 6.31. The van der Waals surface area contributed by atoms with Crippen LogP contribution in [0.25, 0.3) is 0 Å². The van der Waals surface area contributed by atoms with Crippen LogP contribution in [0.1, 0.15) is 13.3 Å². The summed E-state index contributed by atoms with van der Waals surface area (Å²) in [6.45, 7) is 0.211. The molecule has 0 rings (SSSR count). The molecule has 0 heterocycles. The van der Waals surface area contributed by atoms with Crippen molar-refractivity contribution in [1.29, 1.82) is 0 Å². The second kappa shape index (κ2) is 3.51. The molecular weight excluding hydrogens is 222 g/mol. The fourth-order valence-electron chi connectivity index (χ4n) is 0.625. The van der Waals surface area contributed by atoms with Crippen molar-refractivity contribution in [2.75, 3.05) is 0 Å². The van der Waals surface area contributed by atoms with Crippen LogP contribution in [0.2, 0.25) is 0 Å². The molecule has 0 aliphatic rings. The third-order valence-corrected chi connectivity index (χ3v) is 1.43. The highest BCUT2D eigenvalue weighted by Crippen LogP contribution is 2.50. The van der Waals surface area contributed by atoms with Crippen LogP contribution in [-0.4, -0.2) is 16.9 Å². The maximum absolute atomic E-state index is 12.6. The second-order valence-electron chi connectivity index (χ2n) is 2.44. The summed E-state index contributed by atoms with van der Waals surface area (Å²) in [5.74, 6) is -3.54. The predicted octanol–water partition coefficient (Wildman–Crippen LogP) is 2.71. The lowest BCUT2D eigenvalue weighted by molar-refractivity contribution is -0.199. The van der Waals surface area contributed by atoms with E-state index in [0.29, 0.717) is 0 Å². The summed E-state index contributed by atoms with van der Waals surface area (Å²) in [6, 6.07) is 0. The van der Waals surface area contributed by atoms with Gasteiger partial charge in [-0.1, -0.05) is 0 Å². The third-order valence-electron chi connectivity index (χ3n) is 0.819. The molecule has 0 aromatic heterocycles. The van der Waals surface area contributed by atoms with Crippen molar-refractivity contribution >= 4 is 7.91 Å². The van der Waals surface area contributed by atoms with Gasteiger partial charge in [0.25, 0.3) is 0 Å². The van der Waals surface area contributed by atoms with Crippen LogP contribution in [-0.2, 0) is 9.09 Å². The summed E-state index contributed by atoms with van der Waals surface area (Å²) < 4.78 is 71.7. The quantitative estimate of drug-likeness (QED) is 0.596. The minimum absolute atomic E-state index is 0.211. The van der Waals surface area contributed by atoms with Crippen LogP contribution < -0.4 is 0 Å². The number of halogens is 5. The molecule has 0 saturated heterocycles. The van der Waals surface area contributed by atoms with E-state index < -0.39 is 26.4 Å². The summed E-state index contributed by atoms with van der Waals surface area (Å²) in [7, 11) is -5.75. The van der Waals surface area contributed by atoms with Gasteiger partial charge < -0.3 is 0 Å². The summed E-state index contributed by atoms with van der Waals surface area (Å²) in [5, 5.41) is 0. The normalized spacial score (nSPS) is 22.1. The van der Waals surface area contributed by atoms with Crippen LogP contribution in [0.4, 0.5) is 21.8 Å². The van der Waals surface area contributed by atoms with Crippen molar-refractivity contribution in [1.82, 2.24) is 0 Å². The van der Waals surface area contributed by atoms with Crippen LogP contribution in [0.15, 0.2) is 0 Å². The Morgan fingerprint density at radius 3 is 2.00 bits per heavy atom. The average Bonchev–Trinajstić information content (AvgIpc) is 1.43. The highest BCUT2D eigenvalue weighted by molar-refractivity contribution is 7.46. The molecule has 80 valence electrons. The molecule has 0 aliphatic carbocycles. The maximum Gasteiger partial charge on any atom is 0.513 e. The molecule has 0 amide bonds. The summed E-state index contributed by atoms with van der Waals surface area (Å²) in [5.41, 5.74) is 0. The number of hydrogen-bond donors (Lipinski definition) is 1. The first-order chi connectivity index (χ1) is 5.41. The highest BCUT2D eigenvalue weighted by atomic mass is 31.2. The van der Waals surface area contributed by atoms with E-state index in [1.54, 1.807) is 0 Å². The Morgan fingerprint density at radius 1 is 1.38 bits per heavy atom. The lowest BCUT2D eigenvalue weighted by atomic mass is 10.2. The van der Waals surface area contributed by atoms with Crippen molar-refractivity contribution in [3.63, 3.8) is 0 Å². The fraction of sp³-hybridized carbons (Fsp3) is 1.00. The molecule has 0 aliphatic heterocycles. The molecule has 3 nitrogen and oxygen atoms in total. The van der Waals surface area contributed by atoms with E-state index in [9.17, 15) is 26.3 Å². The molecule has 9 heteroatoms. The van der Waals surface area contributed by atoms with Gasteiger partial charge in [0, 0.05) is 0 Å². The van der Waals surface area contributed by atoms with E-state index in [0.717, 1.165) is 0 Å². The zero-order valence-corrected chi connectivity index (χ0v) is 7.20. The van der Waals surface area contributed by atoms with E-state index in [4.69, 9.17) is 4.89 Å². The van der Waals surface area contributed by atoms with E-state index in [2.05, 4.69) is 4.52 Å². The SMILES string of the molecule is CC(F)(CC(F)(F)F)OP(=O)(O)F. The number of rotatable bonds is 3. The minimum Gasteiger partial charge on any atom is -0.299 e. The Labute approximate surface area is 70.2 Å². The molecule has 0 fully saturated rings. The van der Waals surface area contributed by atoms with Gasteiger partial charge >= 0.3 is 14.1 Å². The van der Waals surface area contributed by atoms with Gasteiger partial charge in [-0.25, -0.2) is 13.5 Å². The standard InChI is InChI=1S/C4H6F5O3P/c1-3(5,2-4(6,7)8)12-13(9,10)11/h2H2,1H3,(H,10,11). The molecule has 0 spiro atoms. The first-order valence-corrected chi connectivity index (χ1v) is 4.37. The van der Waals surface area contributed by atoms with Gasteiger partial charge in [-0.2, -0.15) is 13.2 Å². The van der Waals surface area contributed by atoms with Gasteiger partial charge in [0.2, 0.25) is 5.85 Å². The molecule has 0 bridgehead atoms. The molecule has 13 heavy (non-hydrogen) atoms. The van der Waals surface area contributed by atoms with Gasteiger partial charge in [-0.05, 0) is 6.92 Å². The van der Waals surface area contributed by atoms with Crippen molar-refractivity contribution in [3.05, 3.63) is 0 Å². The topological polar surface area (TPSA) is 46.5 Å². The Kier molecular flexibility index (Phi) is 3.46. The van der Waals surface area contributed by atoms with Gasteiger partial charge in [0.05, 0.1) is 0 Å². The Hall–Kier alpha value is -0.200. The van der Waals surface area contributed by atoms with Gasteiger partial charge in [-0.15, -0.1) is 4.20 Å². The Morgan fingerprint density at radius 2 is 1.77 bits per heavy atom. The first kappa shape index (κ1) is 12.8. The third kappa shape index (κ3) is 8.14. The van der Waals surface area contributed by atoms with Gasteiger partial charge in [0.15, 0.2) is 0 Å². The smallest absolute Gasteiger partial charge is 0.299 e. The molecule has 0 radical (unpaired) electrons. The Bertz CT molecular complexity index is 218. The lowest BCUT2D eigenvalue weighted by Gasteiger charge is -2.21. The lowest BCUT2D eigenvalue weighted by Crippen LogP contribution is -2.28.